The molecule has 0 saturated heterocycles. The van der Waals surface area contributed by atoms with E-state index < -0.39 is 6.04 Å². The fourth-order valence-corrected chi connectivity index (χ4v) is 2.89. The molecule has 3 N–H and O–H groups in total. The zero-order chi connectivity index (χ0) is 14.5. The topological polar surface area (TPSA) is 80.9 Å². The molecule has 0 saturated carbocycles. The van der Waals surface area contributed by atoms with Gasteiger partial charge >= 0.3 is 0 Å². The number of carbonyl (C=O) groups is 1. The molecular weight excluding hydrogens is 328 g/mol. The molecule has 2 rings (SSSR count). The van der Waals surface area contributed by atoms with Crippen molar-refractivity contribution in [3.8, 4) is 0 Å². The van der Waals surface area contributed by atoms with Gasteiger partial charge < -0.3 is 11.1 Å². The maximum atomic E-state index is 11.8. The average Bonchev–Trinajstić information content (AvgIpc) is 2.92. The Morgan fingerprint density at radius 3 is 2.52 bits per heavy atom. The molecule has 21 heavy (non-hydrogen) atoms. The third kappa shape index (κ3) is 5.28. The number of amides is 1. The van der Waals surface area contributed by atoms with Crippen LogP contribution in [0.4, 0.5) is 5.69 Å². The molecule has 8 heteroatoms. The molecule has 1 atom stereocenters. The van der Waals surface area contributed by atoms with Gasteiger partial charge in [-0.2, -0.15) is 0 Å². The number of benzene rings is 1. The van der Waals surface area contributed by atoms with Crippen LogP contribution in [-0.2, 0) is 4.79 Å². The minimum absolute atomic E-state index is 0. The van der Waals surface area contributed by atoms with Crippen LogP contribution >= 0.6 is 35.5 Å². The van der Waals surface area contributed by atoms with E-state index in [0.29, 0.717) is 0 Å². The van der Waals surface area contributed by atoms with Crippen molar-refractivity contribution in [3.05, 3.63) is 29.8 Å². The van der Waals surface area contributed by atoms with Crippen LogP contribution in [0.3, 0.4) is 0 Å². The van der Waals surface area contributed by atoms with E-state index in [-0.39, 0.29) is 24.2 Å². The Hall–Kier alpha value is -1.15. The molecule has 2 aromatic rings. The normalized spacial score (nSPS) is 11.8. The molecule has 0 aliphatic rings. The molecule has 114 valence electrons. The summed E-state index contributed by atoms with van der Waals surface area (Å²) in [7, 11) is 0. The lowest BCUT2D eigenvalue weighted by Gasteiger charge is -2.15. The number of hydrogen-bond acceptors (Lipinski definition) is 6. The number of nitrogens with zero attached hydrogens (tertiary/aromatic N) is 2. The van der Waals surface area contributed by atoms with Crippen LogP contribution in [-0.4, -0.2) is 22.1 Å². The van der Waals surface area contributed by atoms with Gasteiger partial charge in [0.15, 0.2) is 4.34 Å². The van der Waals surface area contributed by atoms with E-state index >= 15 is 0 Å². The lowest BCUT2D eigenvalue weighted by atomic mass is 10.1. The zero-order valence-electron chi connectivity index (χ0n) is 11.6. The summed E-state index contributed by atoms with van der Waals surface area (Å²) in [5.74, 6) is -0.0493. The second-order valence-corrected chi connectivity index (χ2v) is 6.74. The number of anilines is 1. The van der Waals surface area contributed by atoms with Gasteiger partial charge in [-0.05, 0) is 30.2 Å². The second-order valence-electron chi connectivity index (χ2n) is 4.59. The number of nitrogens with one attached hydrogen (secondary N) is 1. The van der Waals surface area contributed by atoms with Gasteiger partial charge in [0.05, 0.1) is 6.04 Å². The molecule has 1 heterocycles. The lowest BCUT2D eigenvalue weighted by Crippen LogP contribution is -2.39. The predicted octanol–water partition coefficient (Wildman–Crippen LogP) is 3.03. The van der Waals surface area contributed by atoms with Gasteiger partial charge in [0.2, 0.25) is 5.91 Å². The van der Waals surface area contributed by atoms with Crippen LogP contribution in [0.25, 0.3) is 0 Å². The molecule has 0 fully saturated rings. The first kappa shape index (κ1) is 17.9. The lowest BCUT2D eigenvalue weighted by molar-refractivity contribution is -0.118. The van der Waals surface area contributed by atoms with Gasteiger partial charge in [-0.3, -0.25) is 4.79 Å². The van der Waals surface area contributed by atoms with E-state index in [0.717, 1.165) is 14.9 Å². The third-order valence-corrected chi connectivity index (χ3v) is 4.47. The highest BCUT2D eigenvalue weighted by molar-refractivity contribution is 8.01. The van der Waals surface area contributed by atoms with Crippen molar-refractivity contribution in [1.82, 2.24) is 10.2 Å². The molecular formula is C13H17ClN4OS2. The highest BCUT2D eigenvalue weighted by Crippen LogP contribution is 2.29. The molecule has 0 unspecified atom stereocenters. The van der Waals surface area contributed by atoms with Gasteiger partial charge in [-0.25, -0.2) is 0 Å². The Morgan fingerprint density at radius 1 is 1.33 bits per heavy atom. The van der Waals surface area contributed by atoms with E-state index in [4.69, 9.17) is 5.73 Å². The van der Waals surface area contributed by atoms with Gasteiger partial charge in [-0.15, -0.1) is 22.6 Å². The summed E-state index contributed by atoms with van der Waals surface area (Å²) in [6.07, 6.45) is 0. The van der Waals surface area contributed by atoms with Gasteiger partial charge in [0.25, 0.3) is 0 Å². The van der Waals surface area contributed by atoms with Gasteiger partial charge in [0, 0.05) is 10.6 Å². The van der Waals surface area contributed by atoms with Crippen LogP contribution in [0.5, 0.6) is 0 Å². The van der Waals surface area contributed by atoms with Crippen molar-refractivity contribution in [2.24, 2.45) is 11.7 Å². The second kappa shape index (κ2) is 8.33. The van der Waals surface area contributed by atoms with Crippen molar-refractivity contribution >= 4 is 47.1 Å². The number of rotatable bonds is 5. The molecule has 1 aromatic carbocycles. The average molecular weight is 345 g/mol. The van der Waals surface area contributed by atoms with Crippen LogP contribution in [0.1, 0.15) is 13.8 Å². The highest BCUT2D eigenvalue weighted by atomic mass is 35.5. The number of nitrogens with two attached hydrogens (primary N) is 1. The Labute approximate surface area is 138 Å². The minimum Gasteiger partial charge on any atom is -0.325 e. The molecule has 0 aliphatic carbocycles. The quantitative estimate of drug-likeness (QED) is 0.871. The Kier molecular flexibility index (Phi) is 7.10. The van der Waals surface area contributed by atoms with Crippen molar-refractivity contribution < 1.29 is 4.79 Å². The molecule has 0 bridgehead atoms. The Balaban J connectivity index is 0.00000220. The van der Waals surface area contributed by atoms with Crippen LogP contribution < -0.4 is 11.1 Å². The van der Waals surface area contributed by atoms with E-state index in [1.54, 1.807) is 17.3 Å². The monoisotopic (exact) mass is 344 g/mol. The first-order chi connectivity index (χ1) is 9.56. The zero-order valence-corrected chi connectivity index (χ0v) is 14.1. The van der Waals surface area contributed by atoms with E-state index in [9.17, 15) is 4.79 Å². The number of halogens is 1. The van der Waals surface area contributed by atoms with E-state index in [1.807, 2.05) is 38.1 Å². The summed E-state index contributed by atoms with van der Waals surface area (Å²) in [5, 5.41) is 10.6. The summed E-state index contributed by atoms with van der Waals surface area (Å²) >= 11 is 3.03. The molecule has 0 aliphatic heterocycles. The Morgan fingerprint density at radius 2 is 2.00 bits per heavy atom. The SMILES string of the molecule is CC(C)[C@H](N)C(=O)Nc1ccc(Sc2nncs2)cc1.Cl. The molecule has 1 aromatic heterocycles. The first-order valence-electron chi connectivity index (χ1n) is 6.17. The van der Waals surface area contributed by atoms with Crippen molar-refractivity contribution in [2.75, 3.05) is 5.32 Å². The molecule has 1 amide bonds. The Bertz CT molecular complexity index is 560. The van der Waals surface area contributed by atoms with Crippen molar-refractivity contribution in [2.45, 2.75) is 29.1 Å². The van der Waals surface area contributed by atoms with Crippen LogP contribution in [0.2, 0.25) is 0 Å². The molecule has 5 nitrogen and oxygen atoms in total. The van der Waals surface area contributed by atoms with Gasteiger partial charge in [0.1, 0.15) is 5.51 Å². The van der Waals surface area contributed by atoms with Gasteiger partial charge in [-0.1, -0.05) is 36.9 Å². The maximum absolute atomic E-state index is 11.8. The molecule has 0 radical (unpaired) electrons. The standard InChI is InChI=1S/C13H16N4OS2.ClH/c1-8(2)11(14)12(18)16-9-3-5-10(6-4-9)20-13-17-15-7-19-13;/h3-8,11H,14H2,1-2H3,(H,16,18);1H/t11-;/m0./s1. The minimum atomic E-state index is -0.495. The largest absolute Gasteiger partial charge is 0.325 e. The molecule has 0 spiro atoms. The van der Waals surface area contributed by atoms with Crippen LogP contribution in [0.15, 0.2) is 39.0 Å². The van der Waals surface area contributed by atoms with E-state index in [1.165, 1.54) is 11.3 Å². The third-order valence-electron chi connectivity index (χ3n) is 2.69. The summed E-state index contributed by atoms with van der Waals surface area (Å²) in [6.45, 7) is 3.85. The number of carbonyl (C=O) groups excluding carboxylic acids is 1. The van der Waals surface area contributed by atoms with Crippen LogP contribution in [0, 0.1) is 5.92 Å². The maximum Gasteiger partial charge on any atom is 0.241 e. The smallest absolute Gasteiger partial charge is 0.241 e. The summed E-state index contributed by atoms with van der Waals surface area (Å²) in [6, 6.07) is 7.08. The van der Waals surface area contributed by atoms with Crippen molar-refractivity contribution in [1.29, 1.82) is 0 Å². The first-order valence-corrected chi connectivity index (χ1v) is 7.86. The number of hydrogen-bond donors (Lipinski definition) is 2. The summed E-state index contributed by atoms with van der Waals surface area (Å²) in [5.41, 5.74) is 8.24. The number of aromatic nitrogens is 2. The fourth-order valence-electron chi connectivity index (χ4n) is 1.44. The predicted molar refractivity (Wildman–Crippen MR) is 89.2 cm³/mol. The summed E-state index contributed by atoms with van der Waals surface area (Å²) < 4.78 is 0.892. The van der Waals surface area contributed by atoms with E-state index in [2.05, 4.69) is 15.5 Å². The van der Waals surface area contributed by atoms with Crippen molar-refractivity contribution in [3.63, 3.8) is 0 Å². The fraction of sp³-hybridized carbons (Fsp3) is 0.308. The highest BCUT2D eigenvalue weighted by Gasteiger charge is 2.17. The summed E-state index contributed by atoms with van der Waals surface area (Å²) in [4.78, 5) is 12.9.